The second kappa shape index (κ2) is 3.43. The monoisotopic (exact) mass is 278 g/mol. The van der Waals surface area contributed by atoms with Gasteiger partial charge in [0.1, 0.15) is 0 Å². The van der Waals surface area contributed by atoms with Gasteiger partial charge in [-0.05, 0) is 0 Å². The van der Waals surface area contributed by atoms with Crippen LogP contribution in [0.5, 0.6) is 0 Å². The van der Waals surface area contributed by atoms with Crippen LogP contribution in [0.15, 0.2) is 12.1 Å². The van der Waals surface area contributed by atoms with Gasteiger partial charge in [-0.25, -0.2) is 0 Å². The van der Waals surface area contributed by atoms with Crippen LogP contribution in [-0.2, 0) is 9.47 Å². The molecule has 0 saturated carbocycles. The Kier molecular flexibility index (Phi) is 2.51. The van der Waals surface area contributed by atoms with E-state index in [2.05, 4.69) is 12.1 Å². The van der Waals surface area contributed by atoms with Crippen molar-refractivity contribution in [3.8, 4) is 0 Å². The molecular formula is C7H10O2SSn. The van der Waals surface area contributed by atoms with E-state index < -0.39 is 0 Å². The van der Waals surface area contributed by atoms with Crippen molar-refractivity contribution in [3.05, 3.63) is 17.0 Å². The molecule has 1 aromatic heterocycles. The maximum atomic E-state index is 5.36. The third kappa shape index (κ3) is 1.77. The Morgan fingerprint density at radius 1 is 1.36 bits per heavy atom. The van der Waals surface area contributed by atoms with Gasteiger partial charge in [-0.2, -0.15) is 0 Å². The van der Waals surface area contributed by atoms with Gasteiger partial charge in [0.25, 0.3) is 0 Å². The number of hydrogen-bond acceptors (Lipinski definition) is 3. The molecule has 0 aromatic carbocycles. The summed E-state index contributed by atoms with van der Waals surface area (Å²) in [6, 6.07) is 4.30. The van der Waals surface area contributed by atoms with Crippen molar-refractivity contribution in [2.24, 2.45) is 0 Å². The van der Waals surface area contributed by atoms with E-state index in [1.165, 1.54) is 7.77 Å². The molecule has 60 valence electrons. The van der Waals surface area contributed by atoms with E-state index in [9.17, 15) is 0 Å². The zero-order valence-corrected chi connectivity index (χ0v) is 12.9. The van der Waals surface area contributed by atoms with Crippen LogP contribution < -0.4 is 2.89 Å². The molecule has 1 saturated heterocycles. The first-order valence-corrected chi connectivity index (χ1v) is 7.33. The first-order valence-electron chi connectivity index (χ1n) is 3.66. The molecular weight excluding hydrogens is 267 g/mol. The molecule has 0 aliphatic carbocycles. The first kappa shape index (κ1) is 8.04. The van der Waals surface area contributed by atoms with E-state index in [0.717, 1.165) is 13.2 Å². The molecule has 0 N–H and O–H groups in total. The first-order chi connectivity index (χ1) is 5.36. The second-order valence-electron chi connectivity index (χ2n) is 2.52. The quantitative estimate of drug-likeness (QED) is 0.661. The van der Waals surface area contributed by atoms with E-state index in [1.54, 1.807) is 0 Å². The Balaban J connectivity index is 2.15. The standard InChI is InChI=1S/C7H7O2S.Sn.3H/c1-2-6(10-5-1)7-8-3-4-9-7;;;;/h1-2,7H,3-4H2;;;;. The minimum atomic E-state index is -0.0556. The van der Waals surface area contributed by atoms with Crippen molar-refractivity contribution >= 4 is 36.8 Å². The second-order valence-corrected chi connectivity index (χ2v) is 8.98. The van der Waals surface area contributed by atoms with E-state index in [0.29, 0.717) is 22.5 Å². The summed E-state index contributed by atoms with van der Waals surface area (Å²) < 4.78 is 12.2. The van der Waals surface area contributed by atoms with Gasteiger partial charge in [0.05, 0.1) is 0 Å². The Morgan fingerprint density at radius 2 is 2.09 bits per heavy atom. The van der Waals surface area contributed by atoms with Gasteiger partial charge < -0.3 is 0 Å². The van der Waals surface area contributed by atoms with Crippen LogP contribution in [0.25, 0.3) is 0 Å². The third-order valence-electron chi connectivity index (χ3n) is 1.62. The zero-order chi connectivity index (χ0) is 7.68. The van der Waals surface area contributed by atoms with Crippen LogP contribution in [-0.4, -0.2) is 35.7 Å². The molecule has 1 fully saturated rings. The molecule has 4 heteroatoms. The van der Waals surface area contributed by atoms with Crippen molar-refractivity contribution in [1.29, 1.82) is 0 Å². The van der Waals surface area contributed by atoms with Crippen LogP contribution in [0.2, 0.25) is 0 Å². The molecule has 2 nitrogen and oxygen atoms in total. The van der Waals surface area contributed by atoms with Gasteiger partial charge in [-0.3, -0.25) is 0 Å². The molecule has 2 heterocycles. The molecule has 2 rings (SSSR count). The topological polar surface area (TPSA) is 18.5 Å². The summed E-state index contributed by atoms with van der Waals surface area (Å²) in [5, 5.41) is 0. The Morgan fingerprint density at radius 3 is 2.64 bits per heavy atom. The van der Waals surface area contributed by atoms with E-state index >= 15 is 0 Å². The minimum absolute atomic E-state index is 0.0556. The predicted octanol–water partition coefficient (Wildman–Crippen LogP) is -0.216. The van der Waals surface area contributed by atoms with E-state index in [1.807, 2.05) is 11.3 Å². The van der Waals surface area contributed by atoms with Gasteiger partial charge in [-0.1, -0.05) is 0 Å². The fraction of sp³-hybridized carbons (Fsp3) is 0.429. The van der Waals surface area contributed by atoms with Crippen molar-refractivity contribution in [2.45, 2.75) is 6.29 Å². The summed E-state index contributed by atoms with van der Waals surface area (Å²) >= 11 is 2.46. The number of hydrogen-bond donors (Lipinski definition) is 0. The van der Waals surface area contributed by atoms with Gasteiger partial charge in [-0.15, -0.1) is 0 Å². The summed E-state index contributed by atoms with van der Waals surface area (Å²) in [6.45, 7) is 1.48. The molecule has 1 aliphatic heterocycles. The molecule has 0 radical (unpaired) electrons. The summed E-state index contributed by atoms with van der Waals surface area (Å²) in [5.41, 5.74) is 0. The average Bonchev–Trinajstić information content (AvgIpc) is 2.55. The predicted molar refractivity (Wildman–Crippen MR) is 48.5 cm³/mol. The van der Waals surface area contributed by atoms with Crippen molar-refractivity contribution in [2.75, 3.05) is 13.2 Å². The number of rotatable bonds is 1. The summed E-state index contributed by atoms with van der Waals surface area (Å²) in [7, 11) is 0. The third-order valence-corrected chi connectivity index (χ3v) is 5.34. The number of thiophene rings is 1. The summed E-state index contributed by atoms with van der Waals surface area (Å²) in [5.74, 6) is 0. The molecule has 11 heavy (non-hydrogen) atoms. The van der Waals surface area contributed by atoms with Crippen LogP contribution in [0.4, 0.5) is 0 Å². The molecule has 0 amide bonds. The Bertz CT molecular complexity index is 242. The molecule has 0 atom stereocenters. The van der Waals surface area contributed by atoms with Crippen molar-refractivity contribution < 1.29 is 9.47 Å². The summed E-state index contributed by atoms with van der Waals surface area (Å²) in [4.78, 5) is 1.23. The normalized spacial score (nSPS) is 19.6. The van der Waals surface area contributed by atoms with E-state index in [-0.39, 0.29) is 6.29 Å². The molecule has 1 aromatic rings. The molecule has 1 aliphatic rings. The number of ether oxygens (including phenoxy) is 2. The van der Waals surface area contributed by atoms with Crippen LogP contribution >= 0.6 is 11.3 Å². The molecule has 0 unspecified atom stereocenters. The fourth-order valence-electron chi connectivity index (χ4n) is 1.10. The zero-order valence-electron chi connectivity index (χ0n) is 6.37. The van der Waals surface area contributed by atoms with Crippen LogP contribution in [0, 0.1) is 0 Å². The van der Waals surface area contributed by atoms with Crippen LogP contribution in [0.3, 0.4) is 0 Å². The molecule has 0 bridgehead atoms. The van der Waals surface area contributed by atoms with Crippen molar-refractivity contribution in [3.63, 3.8) is 0 Å². The van der Waals surface area contributed by atoms with E-state index in [4.69, 9.17) is 9.47 Å². The van der Waals surface area contributed by atoms with Gasteiger partial charge in [0, 0.05) is 0 Å². The van der Waals surface area contributed by atoms with Gasteiger partial charge in [0.15, 0.2) is 0 Å². The summed E-state index contributed by atoms with van der Waals surface area (Å²) in [6.07, 6.45) is -0.0556. The van der Waals surface area contributed by atoms with Crippen LogP contribution in [0.1, 0.15) is 11.2 Å². The van der Waals surface area contributed by atoms with Gasteiger partial charge in [0.2, 0.25) is 0 Å². The Hall–Kier alpha value is 0.419. The molecule has 0 spiro atoms. The van der Waals surface area contributed by atoms with Gasteiger partial charge >= 0.3 is 82.7 Å². The van der Waals surface area contributed by atoms with Crippen molar-refractivity contribution in [1.82, 2.24) is 0 Å². The average molecular weight is 277 g/mol. The maximum absolute atomic E-state index is 5.36. The SMILES string of the molecule is [SnH3][c]1ccc(C2OCCO2)s1. The Labute approximate surface area is 82.6 Å². The fourth-order valence-corrected chi connectivity index (χ4v) is 4.47.